The van der Waals surface area contributed by atoms with Crippen molar-refractivity contribution in [2.24, 2.45) is 10.7 Å². The molecule has 0 unspecified atom stereocenters. The molecule has 0 aliphatic carbocycles. The van der Waals surface area contributed by atoms with E-state index in [9.17, 15) is 0 Å². The molecule has 0 saturated heterocycles. The van der Waals surface area contributed by atoms with Crippen LogP contribution in [-0.2, 0) is 0 Å². The number of hydrogen-bond acceptors (Lipinski definition) is 4. The van der Waals surface area contributed by atoms with Crippen molar-refractivity contribution in [2.75, 3.05) is 5.73 Å². The largest absolute Gasteiger partial charge is 0.387 e. The minimum absolute atomic E-state index is 0. The van der Waals surface area contributed by atoms with E-state index in [0.717, 1.165) is 15.9 Å². The normalized spacial score (nSPS) is 11.4. The molecule has 0 aliphatic heterocycles. The molecular formula is C9H11BrN4S. The van der Waals surface area contributed by atoms with Crippen molar-refractivity contribution in [3.8, 4) is 0 Å². The molecule has 15 heavy (non-hydrogen) atoms. The molecule has 0 fully saturated rings. The SMILES string of the molecule is Br.CC(N)=Nc1ccc2nc(N)sc2c1. The summed E-state index contributed by atoms with van der Waals surface area (Å²) in [5.41, 5.74) is 12.8. The Morgan fingerprint density at radius 3 is 2.87 bits per heavy atom. The Hall–Kier alpha value is -1.14. The fourth-order valence-electron chi connectivity index (χ4n) is 1.20. The Bertz CT molecular complexity index is 502. The molecule has 0 radical (unpaired) electrons. The van der Waals surface area contributed by atoms with Gasteiger partial charge >= 0.3 is 0 Å². The minimum atomic E-state index is 0. The van der Waals surface area contributed by atoms with Crippen LogP contribution in [0.2, 0.25) is 0 Å². The number of nitrogens with two attached hydrogens (primary N) is 2. The molecule has 1 aromatic carbocycles. The number of fused-ring (bicyclic) bond motifs is 1. The molecule has 1 heterocycles. The predicted molar refractivity (Wildman–Crippen MR) is 71.3 cm³/mol. The highest BCUT2D eigenvalue weighted by atomic mass is 79.9. The maximum absolute atomic E-state index is 5.59. The van der Waals surface area contributed by atoms with Crippen molar-refractivity contribution >= 4 is 55.2 Å². The number of hydrogen-bond donors (Lipinski definition) is 2. The van der Waals surface area contributed by atoms with Crippen LogP contribution in [0.3, 0.4) is 0 Å². The number of aromatic nitrogens is 1. The summed E-state index contributed by atoms with van der Waals surface area (Å²) >= 11 is 1.45. The van der Waals surface area contributed by atoms with Gasteiger partial charge in [-0.2, -0.15) is 0 Å². The zero-order chi connectivity index (χ0) is 10.1. The predicted octanol–water partition coefficient (Wildman–Crippen LogP) is 2.46. The van der Waals surface area contributed by atoms with Crippen molar-refractivity contribution < 1.29 is 0 Å². The molecule has 80 valence electrons. The molecule has 6 heteroatoms. The highest BCUT2D eigenvalue weighted by Crippen LogP contribution is 2.27. The maximum atomic E-state index is 5.59. The van der Waals surface area contributed by atoms with Gasteiger partial charge < -0.3 is 11.5 Å². The molecule has 4 N–H and O–H groups in total. The smallest absolute Gasteiger partial charge is 0.181 e. The lowest BCUT2D eigenvalue weighted by Crippen LogP contribution is -2.03. The summed E-state index contributed by atoms with van der Waals surface area (Å²) in [6.45, 7) is 1.76. The summed E-state index contributed by atoms with van der Waals surface area (Å²) in [7, 11) is 0. The first-order chi connectivity index (χ1) is 6.65. The molecular weight excluding hydrogens is 276 g/mol. The van der Waals surface area contributed by atoms with Crippen molar-refractivity contribution in [1.82, 2.24) is 4.98 Å². The van der Waals surface area contributed by atoms with E-state index in [1.54, 1.807) is 6.92 Å². The van der Waals surface area contributed by atoms with Gasteiger partial charge in [-0.1, -0.05) is 11.3 Å². The summed E-state index contributed by atoms with van der Waals surface area (Å²) in [5, 5.41) is 0.575. The van der Waals surface area contributed by atoms with Crippen molar-refractivity contribution in [3.63, 3.8) is 0 Å². The standard InChI is InChI=1S/C9H10N4S.BrH/c1-5(10)12-6-2-3-7-8(4-6)14-9(11)13-7;/h2-4H,1H3,(H2,10,12)(H2,11,13);1H. The Kier molecular flexibility index (Phi) is 3.65. The van der Waals surface area contributed by atoms with Crippen LogP contribution in [0.15, 0.2) is 23.2 Å². The maximum Gasteiger partial charge on any atom is 0.181 e. The van der Waals surface area contributed by atoms with Gasteiger partial charge in [0.2, 0.25) is 0 Å². The van der Waals surface area contributed by atoms with Crippen LogP contribution in [0.5, 0.6) is 0 Å². The number of rotatable bonds is 1. The molecule has 4 nitrogen and oxygen atoms in total. The Labute approximate surface area is 102 Å². The van der Waals surface area contributed by atoms with Gasteiger partial charge in [0, 0.05) is 0 Å². The highest BCUT2D eigenvalue weighted by molar-refractivity contribution is 8.93. The van der Waals surface area contributed by atoms with Crippen LogP contribution in [0, 0.1) is 0 Å². The van der Waals surface area contributed by atoms with Crippen molar-refractivity contribution in [1.29, 1.82) is 0 Å². The zero-order valence-electron chi connectivity index (χ0n) is 8.10. The number of nitrogens with zero attached hydrogens (tertiary/aromatic N) is 2. The molecule has 0 spiro atoms. The van der Waals surface area contributed by atoms with Crippen LogP contribution in [0.1, 0.15) is 6.92 Å². The number of anilines is 1. The van der Waals surface area contributed by atoms with Crippen LogP contribution in [-0.4, -0.2) is 10.8 Å². The zero-order valence-corrected chi connectivity index (χ0v) is 10.6. The monoisotopic (exact) mass is 286 g/mol. The third-order valence-corrected chi connectivity index (χ3v) is 2.54. The molecule has 2 aromatic rings. The summed E-state index contributed by atoms with van der Waals surface area (Å²) in [4.78, 5) is 8.30. The van der Waals surface area contributed by atoms with Crippen LogP contribution in [0.4, 0.5) is 10.8 Å². The molecule has 0 amide bonds. The van der Waals surface area contributed by atoms with E-state index >= 15 is 0 Å². The van der Waals surface area contributed by atoms with Crippen LogP contribution in [0.25, 0.3) is 10.2 Å². The quantitative estimate of drug-likeness (QED) is 0.624. The molecule has 1 aromatic heterocycles. The van der Waals surface area contributed by atoms with E-state index in [0.29, 0.717) is 11.0 Å². The number of aliphatic imine (C=N–C) groups is 1. The fraction of sp³-hybridized carbons (Fsp3) is 0.111. The third kappa shape index (κ3) is 2.66. The van der Waals surface area contributed by atoms with Gasteiger partial charge in [-0.25, -0.2) is 9.98 Å². The fourth-order valence-corrected chi connectivity index (χ4v) is 1.97. The first-order valence-corrected chi connectivity index (χ1v) is 4.93. The Balaban J connectivity index is 0.00000112. The van der Waals surface area contributed by atoms with E-state index < -0.39 is 0 Å². The second-order valence-electron chi connectivity index (χ2n) is 2.96. The van der Waals surface area contributed by atoms with Gasteiger partial charge in [0.15, 0.2) is 5.13 Å². The summed E-state index contributed by atoms with van der Waals surface area (Å²) in [5.74, 6) is 0.543. The molecule has 0 saturated carbocycles. The molecule has 0 bridgehead atoms. The minimum Gasteiger partial charge on any atom is -0.387 e. The van der Waals surface area contributed by atoms with Gasteiger partial charge in [-0.05, 0) is 25.1 Å². The Morgan fingerprint density at radius 2 is 2.20 bits per heavy atom. The summed E-state index contributed by atoms with van der Waals surface area (Å²) in [6.07, 6.45) is 0. The first-order valence-electron chi connectivity index (χ1n) is 4.12. The average molecular weight is 287 g/mol. The Morgan fingerprint density at radius 1 is 1.47 bits per heavy atom. The van der Waals surface area contributed by atoms with Crippen molar-refractivity contribution in [3.05, 3.63) is 18.2 Å². The van der Waals surface area contributed by atoms with Gasteiger partial charge in [0.05, 0.1) is 21.7 Å². The van der Waals surface area contributed by atoms with Gasteiger partial charge in [0.1, 0.15) is 0 Å². The van der Waals surface area contributed by atoms with Crippen LogP contribution >= 0.6 is 28.3 Å². The molecule has 2 rings (SSSR count). The van der Waals surface area contributed by atoms with E-state index in [2.05, 4.69) is 9.98 Å². The average Bonchev–Trinajstić information content (AvgIpc) is 2.42. The number of amidine groups is 1. The summed E-state index contributed by atoms with van der Waals surface area (Å²) < 4.78 is 1.03. The second-order valence-corrected chi connectivity index (χ2v) is 4.02. The topological polar surface area (TPSA) is 77.3 Å². The number of thiazole rings is 1. The lowest BCUT2D eigenvalue weighted by Gasteiger charge is -1.93. The van der Waals surface area contributed by atoms with E-state index in [1.807, 2.05) is 18.2 Å². The van der Waals surface area contributed by atoms with Gasteiger partial charge in [-0.3, -0.25) is 0 Å². The van der Waals surface area contributed by atoms with Gasteiger partial charge in [-0.15, -0.1) is 17.0 Å². The highest BCUT2D eigenvalue weighted by Gasteiger charge is 2.01. The summed E-state index contributed by atoms with van der Waals surface area (Å²) in [6, 6.07) is 5.70. The second kappa shape index (κ2) is 4.59. The van der Waals surface area contributed by atoms with E-state index in [4.69, 9.17) is 11.5 Å². The lowest BCUT2D eigenvalue weighted by atomic mass is 10.3. The third-order valence-electron chi connectivity index (χ3n) is 1.69. The first kappa shape index (κ1) is 11.9. The molecule has 0 aliphatic rings. The number of benzene rings is 1. The number of nitrogen functional groups attached to an aromatic ring is 1. The van der Waals surface area contributed by atoms with E-state index in [-0.39, 0.29) is 17.0 Å². The van der Waals surface area contributed by atoms with E-state index in [1.165, 1.54) is 11.3 Å². The number of halogens is 1. The van der Waals surface area contributed by atoms with Crippen LogP contribution < -0.4 is 11.5 Å². The van der Waals surface area contributed by atoms with Gasteiger partial charge in [0.25, 0.3) is 0 Å². The van der Waals surface area contributed by atoms with Crippen molar-refractivity contribution in [2.45, 2.75) is 6.92 Å². The lowest BCUT2D eigenvalue weighted by molar-refractivity contribution is 1.45. The molecule has 0 atom stereocenters.